The summed E-state index contributed by atoms with van der Waals surface area (Å²) in [5.74, 6) is 1.84. The predicted octanol–water partition coefficient (Wildman–Crippen LogP) is 10.4. The van der Waals surface area contributed by atoms with Crippen molar-refractivity contribution in [2.45, 2.75) is 44.7 Å². The molecule has 2 aliphatic heterocycles. The minimum atomic E-state index is -0.890. The Kier molecular flexibility index (Phi) is 13.7. The van der Waals surface area contributed by atoms with Crippen molar-refractivity contribution in [2.24, 2.45) is 0 Å². The van der Waals surface area contributed by atoms with Crippen molar-refractivity contribution < 1.29 is 28.5 Å². The summed E-state index contributed by atoms with van der Waals surface area (Å²) in [6.45, 7) is 1.32. The predicted molar refractivity (Wildman–Crippen MR) is 232 cm³/mol. The van der Waals surface area contributed by atoms with Gasteiger partial charge in [-0.1, -0.05) is 107 Å². The largest absolute Gasteiger partial charge is 0.488 e. The Morgan fingerprint density at radius 3 is 1.75 bits per heavy atom. The Bertz CT molecular complexity index is 2520. The molecule has 300 valence electrons. The Balaban J connectivity index is 0.000000185. The molecule has 8 rings (SSSR count). The van der Waals surface area contributed by atoms with Crippen molar-refractivity contribution in [2.75, 3.05) is 22.1 Å². The summed E-state index contributed by atoms with van der Waals surface area (Å²) in [5, 5.41) is 22.5. The number of alkyl halides is 1. The lowest BCUT2D eigenvalue weighted by Crippen LogP contribution is -2.41. The topological polar surface area (TPSA) is 134 Å². The van der Waals surface area contributed by atoms with Gasteiger partial charge in [-0.15, -0.1) is 0 Å². The molecule has 0 fully saturated rings. The number of rotatable bonds is 13. The lowest BCUT2D eigenvalue weighted by Gasteiger charge is -2.35. The van der Waals surface area contributed by atoms with Gasteiger partial charge < -0.3 is 29.2 Å². The van der Waals surface area contributed by atoms with Gasteiger partial charge in [0.25, 0.3) is 11.8 Å². The van der Waals surface area contributed by atoms with E-state index >= 15 is 0 Å². The first-order valence-corrected chi connectivity index (χ1v) is 20.7. The SMILES string of the molecule is N#Cc1ccc(OCc2ccccc2)c(C2Oc3ccccc3N(CCCCCBr)C2=O)c1.N#Cc1ccc(OCc2ccccc2)c(C2Oc3ccccc3NC2=O)c1. The monoisotopic (exact) mass is 860 g/mol. The quantitative estimate of drug-likeness (QED) is 0.0896. The molecule has 60 heavy (non-hydrogen) atoms. The zero-order valence-electron chi connectivity index (χ0n) is 32.6. The van der Waals surface area contributed by atoms with Crippen LogP contribution in [0.15, 0.2) is 146 Å². The van der Waals surface area contributed by atoms with Crippen molar-refractivity contribution in [3.63, 3.8) is 0 Å². The van der Waals surface area contributed by atoms with Crippen molar-refractivity contribution >= 4 is 39.1 Å². The highest BCUT2D eigenvalue weighted by molar-refractivity contribution is 9.09. The summed E-state index contributed by atoms with van der Waals surface area (Å²) in [7, 11) is 0. The molecular weight excluding hydrogens is 820 g/mol. The number of halogens is 1. The third-order valence-corrected chi connectivity index (χ3v) is 10.4. The average molecular weight is 862 g/mol. The highest BCUT2D eigenvalue weighted by Gasteiger charge is 2.37. The number of nitriles is 2. The van der Waals surface area contributed by atoms with E-state index in [2.05, 4.69) is 33.4 Å². The number of ether oxygens (including phenoxy) is 4. The molecule has 1 N–H and O–H groups in total. The number of fused-ring (bicyclic) bond motifs is 2. The van der Waals surface area contributed by atoms with Crippen LogP contribution in [0.5, 0.6) is 23.0 Å². The van der Waals surface area contributed by atoms with Crippen molar-refractivity contribution in [1.82, 2.24) is 0 Å². The number of para-hydroxylation sites is 4. The third kappa shape index (κ3) is 9.95. The minimum absolute atomic E-state index is 0.146. The molecule has 0 bridgehead atoms. The van der Waals surface area contributed by atoms with Crippen LogP contribution >= 0.6 is 15.9 Å². The number of amides is 2. The van der Waals surface area contributed by atoms with Crippen LogP contribution in [0.25, 0.3) is 0 Å². The van der Waals surface area contributed by atoms with Gasteiger partial charge in [-0.2, -0.15) is 10.5 Å². The lowest BCUT2D eigenvalue weighted by atomic mass is 10.0. The molecule has 2 atom stereocenters. The Labute approximate surface area is 357 Å². The second-order valence-corrected chi connectivity index (χ2v) is 14.8. The normalized spacial score (nSPS) is 14.9. The second-order valence-electron chi connectivity index (χ2n) is 14.0. The molecule has 0 aromatic heterocycles. The summed E-state index contributed by atoms with van der Waals surface area (Å²) < 4.78 is 24.2. The maximum Gasteiger partial charge on any atom is 0.273 e. The van der Waals surface area contributed by atoms with E-state index in [0.29, 0.717) is 70.7 Å². The van der Waals surface area contributed by atoms with Gasteiger partial charge in [-0.3, -0.25) is 9.59 Å². The Morgan fingerprint density at radius 1 is 0.617 bits per heavy atom. The first kappa shape index (κ1) is 41.1. The highest BCUT2D eigenvalue weighted by Crippen LogP contribution is 2.42. The van der Waals surface area contributed by atoms with E-state index in [-0.39, 0.29) is 11.8 Å². The standard InChI is InChI=1S/C27H25BrN2O3.C22H16N2O3/c28-15-7-2-8-16-30-23-11-5-6-12-25(23)33-26(27(30)31)22-17-21(18-29)13-14-24(22)32-19-20-9-3-1-4-10-20;23-13-16-10-11-19(26-14-15-6-2-1-3-7-15)17(12-16)21-22(25)24-18-8-4-5-9-20(18)27-21/h1,3-6,9-14,17,26H,2,7-8,15-16,19H2;1-12,21H,14H2,(H,24,25). The molecule has 0 saturated heterocycles. The van der Waals surface area contributed by atoms with Crippen LogP contribution in [0.3, 0.4) is 0 Å². The van der Waals surface area contributed by atoms with Crippen LogP contribution in [0.4, 0.5) is 11.4 Å². The fraction of sp³-hybridized carbons (Fsp3) is 0.184. The molecule has 0 spiro atoms. The molecule has 0 aliphatic carbocycles. The van der Waals surface area contributed by atoms with Gasteiger partial charge >= 0.3 is 0 Å². The lowest BCUT2D eigenvalue weighted by molar-refractivity contribution is -0.126. The van der Waals surface area contributed by atoms with Gasteiger partial charge in [0.2, 0.25) is 12.2 Å². The first-order valence-electron chi connectivity index (χ1n) is 19.6. The molecule has 0 saturated carbocycles. The summed E-state index contributed by atoms with van der Waals surface area (Å²) in [5.41, 5.74) is 5.41. The minimum Gasteiger partial charge on any atom is -0.488 e. The molecule has 6 aromatic rings. The van der Waals surface area contributed by atoms with E-state index in [1.165, 1.54) is 0 Å². The molecule has 0 radical (unpaired) electrons. The summed E-state index contributed by atoms with van der Waals surface area (Å²) >= 11 is 3.47. The molecule has 2 heterocycles. The Hall–Kier alpha value is -7.08. The summed E-state index contributed by atoms with van der Waals surface area (Å²) in [6.07, 6.45) is 1.21. The number of unbranched alkanes of at least 4 members (excludes halogenated alkanes) is 2. The van der Waals surface area contributed by atoms with Gasteiger partial charge in [0, 0.05) is 23.0 Å². The molecule has 11 heteroatoms. The molecule has 6 aromatic carbocycles. The van der Waals surface area contributed by atoms with E-state index < -0.39 is 12.2 Å². The molecule has 2 aliphatic rings. The number of hydrogen-bond donors (Lipinski definition) is 1. The van der Waals surface area contributed by atoms with E-state index in [4.69, 9.17) is 18.9 Å². The second kappa shape index (κ2) is 20.1. The molecule has 2 amide bonds. The van der Waals surface area contributed by atoms with Crippen LogP contribution in [0, 0.1) is 22.7 Å². The number of benzene rings is 6. The third-order valence-electron chi connectivity index (χ3n) is 9.85. The van der Waals surface area contributed by atoms with E-state index in [9.17, 15) is 20.1 Å². The van der Waals surface area contributed by atoms with E-state index in [1.54, 1.807) is 53.4 Å². The number of anilines is 2. The van der Waals surface area contributed by atoms with Crippen LogP contribution in [-0.4, -0.2) is 23.7 Å². The van der Waals surface area contributed by atoms with Crippen molar-refractivity contribution in [1.29, 1.82) is 10.5 Å². The smallest absolute Gasteiger partial charge is 0.273 e. The van der Waals surface area contributed by atoms with Crippen molar-refractivity contribution in [3.05, 3.63) is 179 Å². The molecule has 2 unspecified atom stereocenters. The fourth-order valence-electron chi connectivity index (χ4n) is 6.82. The summed E-state index contributed by atoms with van der Waals surface area (Å²) in [4.78, 5) is 28.0. The summed E-state index contributed by atoms with van der Waals surface area (Å²) in [6, 6.07) is 48.8. The Morgan fingerprint density at radius 2 is 1.15 bits per heavy atom. The van der Waals surface area contributed by atoms with Gasteiger partial charge in [0.15, 0.2) is 0 Å². The van der Waals surface area contributed by atoms with Gasteiger partial charge in [0.1, 0.15) is 36.2 Å². The van der Waals surface area contributed by atoms with Gasteiger partial charge in [-0.05, 0) is 84.6 Å². The number of nitrogens with one attached hydrogen (secondary N) is 1. The maximum absolute atomic E-state index is 13.6. The van der Waals surface area contributed by atoms with Crippen molar-refractivity contribution in [3.8, 4) is 35.1 Å². The van der Waals surface area contributed by atoms with Crippen LogP contribution < -0.4 is 29.2 Å². The number of carbonyl (C=O) groups is 2. The van der Waals surface area contributed by atoms with Crippen LogP contribution in [-0.2, 0) is 22.8 Å². The van der Waals surface area contributed by atoms with Gasteiger partial charge in [-0.25, -0.2) is 0 Å². The van der Waals surface area contributed by atoms with Gasteiger partial charge in [0.05, 0.1) is 34.6 Å². The maximum atomic E-state index is 13.6. The van der Waals surface area contributed by atoms with Crippen LogP contribution in [0.1, 0.15) is 64.9 Å². The molecule has 10 nitrogen and oxygen atoms in total. The molecular formula is C49H41BrN4O6. The van der Waals surface area contributed by atoms with E-state index in [0.717, 1.165) is 41.4 Å². The first-order chi connectivity index (χ1) is 29.4. The fourth-order valence-corrected chi connectivity index (χ4v) is 7.22. The zero-order chi connectivity index (χ0) is 41.7. The van der Waals surface area contributed by atoms with E-state index in [1.807, 2.05) is 97.1 Å². The number of carbonyl (C=O) groups excluding carboxylic acids is 2. The van der Waals surface area contributed by atoms with Crippen LogP contribution in [0.2, 0.25) is 0 Å². The highest BCUT2D eigenvalue weighted by atomic mass is 79.9. The number of nitrogens with zero attached hydrogens (tertiary/aromatic N) is 3. The number of hydrogen-bond acceptors (Lipinski definition) is 8. The average Bonchev–Trinajstić information content (AvgIpc) is 3.30. The zero-order valence-corrected chi connectivity index (χ0v) is 34.2.